The number of esters is 1. The number of methoxy groups -OCH3 is 1. The Morgan fingerprint density at radius 3 is 2.42 bits per heavy atom. The molecule has 1 aromatic rings. The van der Waals surface area contributed by atoms with E-state index < -0.39 is 17.2 Å². The highest BCUT2D eigenvalue weighted by Crippen LogP contribution is 2.45. The summed E-state index contributed by atoms with van der Waals surface area (Å²) in [6.45, 7) is 3.85. The van der Waals surface area contributed by atoms with Crippen molar-refractivity contribution in [3.8, 4) is 0 Å². The summed E-state index contributed by atoms with van der Waals surface area (Å²) < 4.78 is 17.7. The van der Waals surface area contributed by atoms with Crippen LogP contribution < -0.4 is 0 Å². The number of Topliss-reactive ketones (excluding diaryl/α,β-unsaturated/α-hetero) is 1. The van der Waals surface area contributed by atoms with Gasteiger partial charge < -0.3 is 4.74 Å². The third-order valence-corrected chi connectivity index (χ3v) is 3.66. The molecule has 1 aromatic carbocycles. The first-order valence-electron chi connectivity index (χ1n) is 6.09. The number of carbonyl (C=O) groups is 2. The number of ketones is 1. The molecule has 1 aliphatic rings. The Labute approximate surface area is 111 Å². The van der Waals surface area contributed by atoms with Crippen molar-refractivity contribution in [1.82, 2.24) is 0 Å². The highest BCUT2D eigenvalue weighted by atomic mass is 19.1. The van der Waals surface area contributed by atoms with E-state index in [0.717, 1.165) is 6.42 Å². The number of benzene rings is 1. The molecule has 3 nitrogen and oxygen atoms in total. The van der Waals surface area contributed by atoms with Gasteiger partial charge in [-0.25, -0.2) is 4.39 Å². The van der Waals surface area contributed by atoms with Crippen LogP contribution >= 0.6 is 0 Å². The Balaban J connectivity index is 2.45. The highest BCUT2D eigenvalue weighted by Gasteiger charge is 2.51. The van der Waals surface area contributed by atoms with Crippen LogP contribution in [0.1, 0.15) is 29.6 Å². The molecule has 0 unspecified atom stereocenters. The first kappa shape index (κ1) is 13.5. The Kier molecular flexibility index (Phi) is 3.51. The van der Waals surface area contributed by atoms with Crippen molar-refractivity contribution in [3.63, 3.8) is 0 Å². The molecule has 1 atom stereocenters. The second-order valence-electron chi connectivity index (χ2n) is 4.69. The zero-order valence-electron chi connectivity index (χ0n) is 10.7. The zero-order valence-corrected chi connectivity index (χ0v) is 10.7. The van der Waals surface area contributed by atoms with E-state index in [-0.39, 0.29) is 5.78 Å². The molecule has 0 saturated heterocycles. The molecule has 0 radical (unpaired) electrons. The van der Waals surface area contributed by atoms with Crippen molar-refractivity contribution in [1.29, 1.82) is 0 Å². The van der Waals surface area contributed by atoms with E-state index >= 15 is 0 Å². The molecule has 2 rings (SSSR count). The van der Waals surface area contributed by atoms with Gasteiger partial charge in [-0.1, -0.05) is 12.2 Å². The predicted octanol–water partition coefficient (Wildman–Crippen LogP) is 2.91. The summed E-state index contributed by atoms with van der Waals surface area (Å²) in [6, 6.07) is 5.17. The van der Waals surface area contributed by atoms with Gasteiger partial charge in [0.15, 0.2) is 11.2 Å². The maximum atomic E-state index is 12.9. The second kappa shape index (κ2) is 4.96. The summed E-state index contributed by atoms with van der Waals surface area (Å²) in [4.78, 5) is 24.7. The smallest absolute Gasteiger partial charge is 0.323 e. The van der Waals surface area contributed by atoms with Crippen LogP contribution in [0, 0.1) is 11.2 Å². The molecule has 19 heavy (non-hydrogen) atoms. The van der Waals surface area contributed by atoms with Gasteiger partial charge in [0, 0.05) is 5.56 Å². The van der Waals surface area contributed by atoms with Gasteiger partial charge >= 0.3 is 5.97 Å². The van der Waals surface area contributed by atoms with E-state index in [1.807, 2.05) is 0 Å². The van der Waals surface area contributed by atoms with Crippen LogP contribution in [0.2, 0.25) is 0 Å². The highest BCUT2D eigenvalue weighted by molar-refractivity contribution is 6.15. The number of ether oxygens (including phenoxy) is 1. The fourth-order valence-electron chi connectivity index (χ4n) is 2.59. The molecule has 1 saturated carbocycles. The molecule has 0 spiro atoms. The predicted molar refractivity (Wildman–Crippen MR) is 68.2 cm³/mol. The van der Waals surface area contributed by atoms with Gasteiger partial charge in [-0.15, -0.1) is 0 Å². The van der Waals surface area contributed by atoms with Gasteiger partial charge in [0.05, 0.1) is 7.11 Å². The monoisotopic (exact) mass is 262 g/mol. The molecule has 0 N–H and O–H groups in total. The number of halogens is 1. The standard InChI is InChI=1S/C15H15FO3/c1-10-4-3-9-15(10,14(18)19-2)13(17)11-5-7-12(16)8-6-11/h5-8H,1,3-4,9H2,2H3/t15-/m1/s1. The molecule has 0 aromatic heterocycles. The maximum absolute atomic E-state index is 12.9. The van der Waals surface area contributed by atoms with Crippen molar-refractivity contribution < 1.29 is 18.7 Å². The fraction of sp³-hybridized carbons (Fsp3) is 0.333. The average Bonchev–Trinajstić information content (AvgIpc) is 2.80. The van der Waals surface area contributed by atoms with Crippen LogP contribution in [0.25, 0.3) is 0 Å². The van der Waals surface area contributed by atoms with Crippen molar-refractivity contribution in [2.75, 3.05) is 7.11 Å². The molecular formula is C15H15FO3. The first-order chi connectivity index (χ1) is 9.02. The summed E-state index contributed by atoms with van der Waals surface area (Å²) in [5.41, 5.74) is -0.421. The molecule has 1 aliphatic carbocycles. The third kappa shape index (κ3) is 2.07. The van der Waals surface area contributed by atoms with Gasteiger partial charge in [0.1, 0.15) is 5.82 Å². The quantitative estimate of drug-likeness (QED) is 0.364. The second-order valence-corrected chi connectivity index (χ2v) is 4.69. The van der Waals surface area contributed by atoms with E-state index in [1.54, 1.807) is 0 Å². The van der Waals surface area contributed by atoms with Crippen molar-refractivity contribution in [2.45, 2.75) is 19.3 Å². The molecule has 1 fully saturated rings. The molecule has 0 bridgehead atoms. The molecule has 0 amide bonds. The lowest BCUT2D eigenvalue weighted by atomic mass is 9.76. The summed E-state index contributed by atoms with van der Waals surface area (Å²) in [5, 5.41) is 0. The van der Waals surface area contributed by atoms with Gasteiger partial charge in [0.2, 0.25) is 0 Å². The lowest BCUT2D eigenvalue weighted by Crippen LogP contribution is -2.39. The third-order valence-electron chi connectivity index (χ3n) is 3.66. The van der Waals surface area contributed by atoms with E-state index in [0.29, 0.717) is 24.0 Å². The average molecular weight is 262 g/mol. The molecule has 100 valence electrons. The topological polar surface area (TPSA) is 43.4 Å². The van der Waals surface area contributed by atoms with E-state index in [1.165, 1.54) is 31.4 Å². The van der Waals surface area contributed by atoms with Crippen LogP contribution in [-0.4, -0.2) is 18.9 Å². The summed E-state index contributed by atoms with van der Waals surface area (Å²) in [6.07, 6.45) is 1.75. The summed E-state index contributed by atoms with van der Waals surface area (Å²) in [7, 11) is 1.26. The Bertz CT molecular complexity index is 533. The lowest BCUT2D eigenvalue weighted by molar-refractivity contribution is -0.147. The minimum atomic E-state index is -1.30. The van der Waals surface area contributed by atoms with Crippen molar-refractivity contribution >= 4 is 11.8 Å². The number of rotatable bonds is 3. The Hall–Kier alpha value is -1.97. The largest absolute Gasteiger partial charge is 0.468 e. The van der Waals surface area contributed by atoms with Gasteiger partial charge in [-0.3, -0.25) is 9.59 Å². The van der Waals surface area contributed by atoms with Crippen molar-refractivity contribution in [3.05, 3.63) is 47.8 Å². The summed E-state index contributed by atoms with van der Waals surface area (Å²) in [5.74, 6) is -1.36. The number of hydrogen-bond acceptors (Lipinski definition) is 3. The van der Waals surface area contributed by atoms with Gasteiger partial charge in [-0.2, -0.15) is 0 Å². The molecular weight excluding hydrogens is 247 g/mol. The Morgan fingerprint density at radius 1 is 1.32 bits per heavy atom. The normalized spacial score (nSPS) is 22.3. The van der Waals surface area contributed by atoms with E-state index in [2.05, 4.69) is 6.58 Å². The molecule has 0 heterocycles. The molecule has 4 heteroatoms. The Morgan fingerprint density at radius 2 is 1.95 bits per heavy atom. The fourth-order valence-corrected chi connectivity index (χ4v) is 2.59. The maximum Gasteiger partial charge on any atom is 0.323 e. The van der Waals surface area contributed by atoms with Crippen LogP contribution in [0.4, 0.5) is 4.39 Å². The number of carbonyl (C=O) groups excluding carboxylic acids is 2. The van der Waals surface area contributed by atoms with Crippen LogP contribution in [0.15, 0.2) is 36.4 Å². The van der Waals surface area contributed by atoms with Crippen LogP contribution in [-0.2, 0) is 9.53 Å². The van der Waals surface area contributed by atoms with Gasteiger partial charge in [0.25, 0.3) is 0 Å². The van der Waals surface area contributed by atoms with E-state index in [9.17, 15) is 14.0 Å². The van der Waals surface area contributed by atoms with E-state index in [4.69, 9.17) is 4.74 Å². The number of hydrogen-bond donors (Lipinski definition) is 0. The van der Waals surface area contributed by atoms with Crippen LogP contribution in [0.3, 0.4) is 0 Å². The SMILES string of the molecule is C=C1CCC[C@]1(C(=O)OC)C(=O)c1ccc(F)cc1. The minimum absolute atomic E-state index is 0.301. The lowest BCUT2D eigenvalue weighted by Gasteiger charge is -2.25. The zero-order chi connectivity index (χ0) is 14.0. The van der Waals surface area contributed by atoms with Crippen molar-refractivity contribution in [2.24, 2.45) is 5.41 Å². The minimum Gasteiger partial charge on any atom is -0.468 e. The van der Waals surface area contributed by atoms with Gasteiger partial charge in [-0.05, 0) is 43.5 Å². The van der Waals surface area contributed by atoms with Crippen LogP contribution in [0.5, 0.6) is 0 Å². The molecule has 0 aliphatic heterocycles. The first-order valence-corrected chi connectivity index (χ1v) is 6.09. The summed E-state index contributed by atoms with van der Waals surface area (Å²) >= 11 is 0.